The molecule has 1 aromatic carbocycles. The molecule has 0 saturated heterocycles. The lowest BCUT2D eigenvalue weighted by Crippen LogP contribution is -2.42. The minimum atomic E-state index is 0.454. The van der Waals surface area contributed by atoms with Gasteiger partial charge in [0.25, 0.3) is 0 Å². The molecule has 0 spiro atoms. The van der Waals surface area contributed by atoms with Gasteiger partial charge in [0.05, 0.1) is 0 Å². The maximum Gasteiger partial charge on any atom is 0.00776 e. The molecule has 1 fully saturated rings. The quantitative estimate of drug-likeness (QED) is 0.798. The maximum absolute atomic E-state index is 3.31. The Morgan fingerprint density at radius 3 is 2.13 bits per heavy atom. The lowest BCUT2D eigenvalue weighted by molar-refractivity contribution is 0.239. The topological polar surface area (TPSA) is 12.0 Å². The van der Waals surface area contributed by atoms with Gasteiger partial charge < -0.3 is 5.32 Å². The zero-order valence-electron chi connectivity index (χ0n) is 10.2. The van der Waals surface area contributed by atoms with Gasteiger partial charge in [-0.15, -0.1) is 0 Å². The third kappa shape index (κ3) is 2.60. The van der Waals surface area contributed by atoms with E-state index in [0.717, 1.165) is 6.54 Å². The van der Waals surface area contributed by atoms with Crippen LogP contribution in [-0.4, -0.2) is 13.6 Å². The van der Waals surface area contributed by atoms with Crippen LogP contribution in [-0.2, 0) is 5.41 Å². The summed E-state index contributed by atoms with van der Waals surface area (Å²) in [5.74, 6) is 0. The van der Waals surface area contributed by atoms with Crippen molar-refractivity contribution in [2.45, 2.75) is 38.5 Å². The van der Waals surface area contributed by atoms with Crippen LogP contribution in [0.15, 0.2) is 30.3 Å². The summed E-state index contributed by atoms with van der Waals surface area (Å²) in [5.41, 5.74) is 1.96. The van der Waals surface area contributed by atoms with Crippen LogP contribution in [0.25, 0.3) is 0 Å². The van der Waals surface area contributed by atoms with Crippen LogP contribution in [0.2, 0.25) is 0 Å². The van der Waals surface area contributed by atoms with E-state index in [9.17, 15) is 0 Å². The molecule has 15 heavy (non-hydrogen) atoms. The summed E-state index contributed by atoms with van der Waals surface area (Å²) in [6, 6.07) is 10.9. The molecular weight excluding hydrogens is 182 g/mol. The fourth-order valence-corrected chi connectivity index (χ4v) is 2.30. The predicted octanol–water partition coefficient (Wildman–Crippen LogP) is 3.35. The first kappa shape index (κ1) is 12.3. The highest BCUT2D eigenvalue weighted by Crippen LogP contribution is 2.42. The molecule has 1 aromatic rings. The van der Waals surface area contributed by atoms with E-state index in [2.05, 4.69) is 35.6 Å². The average molecular weight is 205 g/mol. The normalized spacial score (nSPS) is 17.3. The lowest BCUT2D eigenvalue weighted by atomic mass is 9.64. The van der Waals surface area contributed by atoms with Gasteiger partial charge in [-0.2, -0.15) is 0 Å². The highest BCUT2D eigenvalue weighted by molar-refractivity contribution is 5.28. The molecule has 0 atom stereocenters. The van der Waals surface area contributed by atoms with E-state index < -0.39 is 0 Å². The first-order valence-electron chi connectivity index (χ1n) is 6.07. The van der Waals surface area contributed by atoms with E-state index in [1.54, 1.807) is 0 Å². The Kier molecular flexibility index (Phi) is 4.83. The highest BCUT2D eigenvalue weighted by atomic mass is 14.8. The standard InChI is InChI=1S/C12H17N.C2H6/c1-13-10-12(8-5-9-12)11-6-3-2-4-7-11;1-2/h2-4,6-7,13H,5,8-10H2,1H3;1-2H3. The lowest BCUT2D eigenvalue weighted by Gasteiger charge is -2.42. The van der Waals surface area contributed by atoms with Crippen LogP contribution in [0.1, 0.15) is 38.7 Å². The summed E-state index contributed by atoms with van der Waals surface area (Å²) < 4.78 is 0. The van der Waals surface area contributed by atoms with Crippen LogP contribution in [0.5, 0.6) is 0 Å². The van der Waals surface area contributed by atoms with Crippen LogP contribution in [0.3, 0.4) is 0 Å². The van der Waals surface area contributed by atoms with Gasteiger partial charge >= 0.3 is 0 Å². The van der Waals surface area contributed by atoms with Gasteiger partial charge in [0.15, 0.2) is 0 Å². The molecule has 1 heteroatoms. The smallest absolute Gasteiger partial charge is 0.00776 e. The Hall–Kier alpha value is -0.820. The van der Waals surface area contributed by atoms with Crippen molar-refractivity contribution in [1.29, 1.82) is 0 Å². The van der Waals surface area contributed by atoms with Crippen molar-refractivity contribution >= 4 is 0 Å². The zero-order valence-corrected chi connectivity index (χ0v) is 10.2. The molecule has 1 saturated carbocycles. The van der Waals surface area contributed by atoms with E-state index in [1.807, 2.05) is 20.9 Å². The first-order valence-corrected chi connectivity index (χ1v) is 6.07. The summed E-state index contributed by atoms with van der Waals surface area (Å²) in [4.78, 5) is 0. The van der Waals surface area contributed by atoms with Gasteiger partial charge in [0.1, 0.15) is 0 Å². The monoisotopic (exact) mass is 205 g/mol. The van der Waals surface area contributed by atoms with Gasteiger partial charge in [-0.05, 0) is 25.5 Å². The highest BCUT2D eigenvalue weighted by Gasteiger charge is 2.37. The second-order valence-electron chi connectivity index (χ2n) is 4.03. The third-order valence-corrected chi connectivity index (χ3v) is 3.21. The van der Waals surface area contributed by atoms with E-state index >= 15 is 0 Å². The molecule has 84 valence electrons. The Bertz CT molecular complexity index is 262. The maximum atomic E-state index is 3.31. The largest absolute Gasteiger partial charge is 0.319 e. The van der Waals surface area contributed by atoms with Crippen LogP contribution in [0.4, 0.5) is 0 Å². The summed E-state index contributed by atoms with van der Waals surface area (Å²) in [6.07, 6.45) is 4.08. The molecule has 0 radical (unpaired) electrons. The first-order chi connectivity index (χ1) is 7.37. The number of hydrogen-bond acceptors (Lipinski definition) is 1. The van der Waals surface area contributed by atoms with Crippen LogP contribution in [0, 0.1) is 0 Å². The van der Waals surface area contributed by atoms with E-state index in [-0.39, 0.29) is 0 Å². The van der Waals surface area contributed by atoms with Gasteiger partial charge in [-0.1, -0.05) is 50.6 Å². The molecule has 1 aliphatic carbocycles. The predicted molar refractivity (Wildman–Crippen MR) is 67.2 cm³/mol. The summed E-state index contributed by atoms with van der Waals surface area (Å²) in [7, 11) is 2.04. The minimum Gasteiger partial charge on any atom is -0.319 e. The average Bonchev–Trinajstić information content (AvgIpc) is 2.27. The molecule has 0 bridgehead atoms. The Morgan fingerprint density at radius 2 is 1.73 bits per heavy atom. The molecule has 1 nitrogen and oxygen atoms in total. The van der Waals surface area contributed by atoms with Crippen molar-refractivity contribution < 1.29 is 0 Å². The summed E-state index contributed by atoms with van der Waals surface area (Å²) >= 11 is 0. The van der Waals surface area contributed by atoms with Crippen LogP contribution >= 0.6 is 0 Å². The molecule has 0 unspecified atom stereocenters. The second kappa shape index (κ2) is 5.92. The Balaban J connectivity index is 0.000000531. The number of benzene rings is 1. The number of nitrogens with one attached hydrogen (secondary N) is 1. The van der Waals surface area contributed by atoms with Crippen molar-refractivity contribution in [2.75, 3.05) is 13.6 Å². The second-order valence-corrected chi connectivity index (χ2v) is 4.03. The van der Waals surface area contributed by atoms with Crippen LogP contribution < -0.4 is 5.32 Å². The third-order valence-electron chi connectivity index (χ3n) is 3.21. The molecule has 0 aliphatic heterocycles. The van der Waals surface area contributed by atoms with Gasteiger partial charge in [-0.25, -0.2) is 0 Å². The summed E-state index contributed by atoms with van der Waals surface area (Å²) in [6.45, 7) is 5.12. The molecule has 0 amide bonds. The molecular formula is C14H23N. The van der Waals surface area contributed by atoms with E-state index in [1.165, 1.54) is 24.8 Å². The molecule has 2 rings (SSSR count). The molecule has 0 heterocycles. The SMILES string of the molecule is CC.CNCC1(c2ccccc2)CCC1. The summed E-state index contributed by atoms with van der Waals surface area (Å²) in [5, 5.41) is 3.31. The van der Waals surface area contributed by atoms with E-state index in [0.29, 0.717) is 5.41 Å². The Labute approximate surface area is 93.9 Å². The van der Waals surface area contributed by atoms with Crippen molar-refractivity contribution in [3.05, 3.63) is 35.9 Å². The number of rotatable bonds is 3. The molecule has 1 aliphatic rings. The van der Waals surface area contributed by atoms with Gasteiger partial charge in [0, 0.05) is 12.0 Å². The van der Waals surface area contributed by atoms with Gasteiger partial charge in [0.2, 0.25) is 0 Å². The fourth-order valence-electron chi connectivity index (χ4n) is 2.30. The number of likely N-dealkylation sites (N-methyl/N-ethyl adjacent to an activating group) is 1. The van der Waals surface area contributed by atoms with Crippen molar-refractivity contribution in [3.8, 4) is 0 Å². The minimum absolute atomic E-state index is 0.454. The molecule has 1 N–H and O–H groups in total. The molecule has 0 aromatic heterocycles. The zero-order chi connectivity index (χ0) is 11.1. The van der Waals surface area contributed by atoms with Crippen molar-refractivity contribution in [3.63, 3.8) is 0 Å². The number of hydrogen-bond donors (Lipinski definition) is 1. The van der Waals surface area contributed by atoms with Crippen molar-refractivity contribution in [1.82, 2.24) is 5.32 Å². The Morgan fingerprint density at radius 1 is 1.13 bits per heavy atom. The van der Waals surface area contributed by atoms with E-state index in [4.69, 9.17) is 0 Å². The van der Waals surface area contributed by atoms with Gasteiger partial charge in [-0.3, -0.25) is 0 Å². The fraction of sp³-hybridized carbons (Fsp3) is 0.571. The van der Waals surface area contributed by atoms with Crippen molar-refractivity contribution in [2.24, 2.45) is 0 Å².